The second-order valence-corrected chi connectivity index (χ2v) is 8.15. The molecule has 4 heteroatoms. The zero-order valence-corrected chi connectivity index (χ0v) is 15.6. The number of carbonyl (C=O) groups excluding carboxylic acids is 1. The van der Waals surface area contributed by atoms with E-state index in [0.717, 1.165) is 25.2 Å². The number of aromatic hydroxyl groups is 1. The molecule has 2 saturated carbocycles. The van der Waals surface area contributed by atoms with Crippen molar-refractivity contribution in [3.63, 3.8) is 0 Å². The number of aliphatic hydroxyl groups is 1. The zero-order valence-electron chi connectivity index (χ0n) is 15.6. The lowest BCUT2D eigenvalue weighted by atomic mass is 9.55. The number of aryl methyl sites for hydroxylation is 1. The van der Waals surface area contributed by atoms with E-state index >= 15 is 0 Å². The van der Waals surface area contributed by atoms with E-state index in [1.54, 1.807) is 6.11 Å². The zero-order chi connectivity index (χ0) is 18.9. The fraction of sp³-hybridized carbons (Fsp3) is 0.591. The van der Waals surface area contributed by atoms with Crippen LogP contribution in [0, 0.1) is 29.8 Å². The third kappa shape index (κ3) is 3.33. The van der Waals surface area contributed by atoms with Crippen molar-refractivity contribution in [1.82, 2.24) is 0 Å². The molecule has 0 aromatic heterocycles. The average molecular weight is 356 g/mol. The van der Waals surface area contributed by atoms with Gasteiger partial charge in [0.25, 0.3) is 0 Å². The topological polar surface area (TPSA) is 66.8 Å². The quantitative estimate of drug-likeness (QED) is 0.549. The summed E-state index contributed by atoms with van der Waals surface area (Å²) in [5.74, 6) is 2.04. The molecule has 0 saturated heterocycles. The molecule has 0 amide bonds. The van der Waals surface area contributed by atoms with Crippen molar-refractivity contribution < 1.29 is 19.7 Å². The van der Waals surface area contributed by atoms with Gasteiger partial charge in [0.2, 0.25) is 0 Å². The first-order valence-electron chi connectivity index (χ1n) is 9.49. The Hall–Kier alpha value is -1.99. The standard InChI is InChI=1S/C18H24O2.C4H4O2/c1-18-9-8-14-13-5-3-12(19)10-11(13)2-4-15(14)16(18)6-7-17(18)20;1-3-6-4(2)5/h3,5,10,14-17,19-20H,2,4,6-9H2,1H3;1H,2H3/t14-,15-,16+,17+,18+;/m1./s1. The van der Waals surface area contributed by atoms with Crippen molar-refractivity contribution in [2.75, 3.05) is 0 Å². The van der Waals surface area contributed by atoms with Crippen molar-refractivity contribution in [3.05, 3.63) is 29.3 Å². The molecule has 4 nitrogen and oxygen atoms in total. The van der Waals surface area contributed by atoms with Crippen LogP contribution in [0.25, 0.3) is 0 Å². The van der Waals surface area contributed by atoms with Crippen LogP contribution in [0.15, 0.2) is 18.2 Å². The Bertz CT molecular complexity index is 719. The first-order chi connectivity index (χ1) is 12.4. The monoisotopic (exact) mass is 356 g/mol. The molecule has 0 heterocycles. The Kier molecular flexibility index (Phi) is 5.29. The number of hydrogen-bond donors (Lipinski definition) is 2. The molecule has 3 aliphatic carbocycles. The number of benzene rings is 1. The summed E-state index contributed by atoms with van der Waals surface area (Å²) in [5.41, 5.74) is 2.99. The summed E-state index contributed by atoms with van der Waals surface area (Å²) in [7, 11) is 0. The van der Waals surface area contributed by atoms with Gasteiger partial charge >= 0.3 is 5.97 Å². The summed E-state index contributed by atoms with van der Waals surface area (Å²) in [5, 5.41) is 20.0. The highest BCUT2D eigenvalue weighted by Crippen LogP contribution is 2.60. The second-order valence-electron chi connectivity index (χ2n) is 8.15. The van der Waals surface area contributed by atoms with Crippen LogP contribution in [0.4, 0.5) is 0 Å². The molecule has 2 fully saturated rings. The second kappa shape index (κ2) is 7.32. The van der Waals surface area contributed by atoms with Gasteiger partial charge in [0, 0.05) is 6.92 Å². The van der Waals surface area contributed by atoms with E-state index in [2.05, 4.69) is 24.2 Å². The largest absolute Gasteiger partial charge is 0.508 e. The van der Waals surface area contributed by atoms with Crippen LogP contribution in [0.3, 0.4) is 0 Å². The molecule has 5 atom stereocenters. The Morgan fingerprint density at radius 3 is 2.73 bits per heavy atom. The van der Waals surface area contributed by atoms with Gasteiger partial charge in [-0.15, -0.1) is 0 Å². The Balaban J connectivity index is 0.000000286. The highest BCUT2D eigenvalue weighted by atomic mass is 16.5. The highest BCUT2D eigenvalue weighted by Gasteiger charge is 2.54. The lowest BCUT2D eigenvalue weighted by molar-refractivity contribution is -0.134. The van der Waals surface area contributed by atoms with E-state index in [9.17, 15) is 15.0 Å². The minimum absolute atomic E-state index is 0.0883. The average Bonchev–Trinajstić information content (AvgIpc) is 2.90. The lowest BCUT2D eigenvalue weighted by Crippen LogP contribution is -2.43. The molecule has 0 unspecified atom stereocenters. The number of ether oxygens (including phenoxy) is 1. The van der Waals surface area contributed by atoms with Gasteiger partial charge < -0.3 is 14.9 Å². The molecule has 140 valence electrons. The third-order valence-electron chi connectivity index (χ3n) is 6.86. The SMILES string of the molecule is C#COC(C)=O.C[C@]12CC[C@@H]3c4ccc(O)cc4CC[C@H]3[C@@H]1CC[C@@H]2O. The lowest BCUT2D eigenvalue weighted by Gasteiger charge is -2.50. The van der Waals surface area contributed by atoms with Gasteiger partial charge in [0.05, 0.1) is 6.10 Å². The molecule has 4 rings (SSSR count). The first kappa shape index (κ1) is 18.8. The molecule has 1 aromatic rings. The molecule has 0 spiro atoms. The maximum absolute atomic E-state index is 10.4. The van der Waals surface area contributed by atoms with Crippen molar-refractivity contribution in [2.24, 2.45) is 17.3 Å². The van der Waals surface area contributed by atoms with E-state index in [1.807, 2.05) is 12.1 Å². The number of hydrogen-bond acceptors (Lipinski definition) is 4. The summed E-state index contributed by atoms with van der Waals surface area (Å²) in [6.45, 7) is 3.57. The number of terminal acetylenes is 1. The maximum atomic E-state index is 10.4. The number of phenols is 1. The van der Waals surface area contributed by atoms with Crippen molar-refractivity contribution in [2.45, 2.75) is 64.4 Å². The van der Waals surface area contributed by atoms with Crippen LogP contribution >= 0.6 is 0 Å². The summed E-state index contributed by atoms with van der Waals surface area (Å²) in [4.78, 5) is 9.68. The van der Waals surface area contributed by atoms with Crippen molar-refractivity contribution in [1.29, 1.82) is 0 Å². The molecule has 0 bridgehead atoms. The van der Waals surface area contributed by atoms with E-state index < -0.39 is 5.97 Å². The van der Waals surface area contributed by atoms with Crippen LogP contribution in [-0.2, 0) is 16.0 Å². The molecule has 0 aliphatic heterocycles. The number of rotatable bonds is 0. The molecule has 26 heavy (non-hydrogen) atoms. The first-order valence-corrected chi connectivity index (χ1v) is 9.49. The van der Waals surface area contributed by atoms with Crippen LogP contribution < -0.4 is 0 Å². The number of esters is 1. The molecule has 3 aliphatic rings. The van der Waals surface area contributed by atoms with Crippen molar-refractivity contribution in [3.8, 4) is 18.3 Å². The predicted octanol–water partition coefficient (Wildman–Crippen LogP) is 3.75. The van der Waals surface area contributed by atoms with Crippen LogP contribution in [0.5, 0.6) is 5.75 Å². The van der Waals surface area contributed by atoms with Crippen LogP contribution in [0.1, 0.15) is 63.0 Å². The highest BCUT2D eigenvalue weighted by molar-refractivity contribution is 5.67. The summed E-state index contributed by atoms with van der Waals surface area (Å²) < 4.78 is 3.93. The Labute approximate surface area is 155 Å². The minimum Gasteiger partial charge on any atom is -0.508 e. The van der Waals surface area contributed by atoms with Gasteiger partial charge in [0.15, 0.2) is 0 Å². The van der Waals surface area contributed by atoms with Gasteiger partial charge in [-0.05, 0) is 85.0 Å². The Morgan fingerprint density at radius 2 is 2.08 bits per heavy atom. The molecule has 2 N–H and O–H groups in total. The maximum Gasteiger partial charge on any atom is 0.316 e. The van der Waals surface area contributed by atoms with Crippen LogP contribution in [0.2, 0.25) is 0 Å². The fourth-order valence-electron chi connectivity index (χ4n) is 5.62. The van der Waals surface area contributed by atoms with E-state index in [-0.39, 0.29) is 11.5 Å². The third-order valence-corrected chi connectivity index (χ3v) is 6.86. The van der Waals surface area contributed by atoms with E-state index in [4.69, 9.17) is 0 Å². The van der Waals surface area contributed by atoms with Gasteiger partial charge in [-0.2, -0.15) is 0 Å². The molecule has 0 radical (unpaired) electrons. The number of aliphatic hydroxyl groups excluding tert-OH is 1. The van der Waals surface area contributed by atoms with Gasteiger partial charge in [-0.25, -0.2) is 0 Å². The van der Waals surface area contributed by atoms with Crippen LogP contribution in [-0.4, -0.2) is 22.3 Å². The molecular weight excluding hydrogens is 328 g/mol. The van der Waals surface area contributed by atoms with E-state index in [0.29, 0.717) is 17.6 Å². The normalized spacial score (nSPS) is 34.2. The minimum atomic E-state index is -0.447. The smallest absolute Gasteiger partial charge is 0.316 e. The van der Waals surface area contributed by atoms with E-state index in [1.165, 1.54) is 37.3 Å². The molecular formula is C22H28O4. The predicted molar refractivity (Wildman–Crippen MR) is 99.3 cm³/mol. The summed E-state index contributed by atoms with van der Waals surface area (Å²) in [6, 6.07) is 5.96. The number of carbonyl (C=O) groups is 1. The summed E-state index contributed by atoms with van der Waals surface area (Å²) in [6.07, 6.45) is 13.0. The van der Waals surface area contributed by atoms with Gasteiger partial charge in [-0.3, -0.25) is 4.79 Å². The van der Waals surface area contributed by atoms with Gasteiger partial charge in [0.1, 0.15) is 11.9 Å². The Morgan fingerprint density at radius 1 is 1.31 bits per heavy atom. The number of phenolic OH excluding ortho intramolecular Hbond substituents is 1. The summed E-state index contributed by atoms with van der Waals surface area (Å²) >= 11 is 0. The van der Waals surface area contributed by atoms with Crippen molar-refractivity contribution >= 4 is 5.97 Å². The van der Waals surface area contributed by atoms with Gasteiger partial charge in [-0.1, -0.05) is 19.4 Å². The fourth-order valence-corrected chi connectivity index (χ4v) is 5.62. The molecule has 1 aromatic carbocycles. The number of fused-ring (bicyclic) bond motifs is 5.